The molecule has 0 aromatic heterocycles. The van der Waals surface area contributed by atoms with Crippen molar-refractivity contribution in [1.82, 2.24) is 10.2 Å². The second-order valence-electron chi connectivity index (χ2n) is 5.14. The number of nitrogens with one attached hydrogen (secondary N) is 1. The number of hydrogen-bond donors (Lipinski definition) is 1. The molecule has 1 fully saturated rings. The Labute approximate surface area is 102 Å². The van der Waals surface area contributed by atoms with E-state index < -0.39 is 17.7 Å². The van der Waals surface area contributed by atoms with Gasteiger partial charge < -0.3 is 15.0 Å². The summed E-state index contributed by atoms with van der Waals surface area (Å²) in [5.41, 5.74) is -0.555. The van der Waals surface area contributed by atoms with E-state index in [-0.39, 0.29) is 11.9 Å². The van der Waals surface area contributed by atoms with E-state index in [1.807, 2.05) is 6.92 Å². The molecule has 17 heavy (non-hydrogen) atoms. The van der Waals surface area contributed by atoms with E-state index >= 15 is 0 Å². The Morgan fingerprint density at radius 2 is 2.18 bits per heavy atom. The van der Waals surface area contributed by atoms with E-state index in [1.165, 1.54) is 0 Å². The lowest BCUT2D eigenvalue weighted by Crippen LogP contribution is -2.69. The summed E-state index contributed by atoms with van der Waals surface area (Å²) in [6.45, 7) is 11.3. The molecular formula is C12H20N2O3. The van der Waals surface area contributed by atoms with Crippen molar-refractivity contribution in [3.05, 3.63) is 12.7 Å². The molecule has 0 spiro atoms. The first-order chi connectivity index (χ1) is 7.76. The maximum Gasteiger partial charge on any atom is 0.408 e. The average molecular weight is 240 g/mol. The zero-order valence-electron chi connectivity index (χ0n) is 10.8. The number of rotatable bonds is 3. The Hall–Kier alpha value is -1.52. The average Bonchev–Trinajstić information content (AvgIpc) is 2.19. The highest BCUT2D eigenvalue weighted by molar-refractivity contribution is 5.92. The third kappa shape index (κ3) is 3.22. The molecule has 0 aromatic rings. The normalized spacial score (nSPS) is 24.0. The third-order valence-corrected chi connectivity index (χ3v) is 2.52. The highest BCUT2D eigenvalue weighted by Crippen LogP contribution is 2.19. The zero-order valence-corrected chi connectivity index (χ0v) is 10.8. The Morgan fingerprint density at radius 1 is 1.59 bits per heavy atom. The van der Waals surface area contributed by atoms with Crippen molar-refractivity contribution in [2.24, 2.45) is 0 Å². The molecular weight excluding hydrogens is 220 g/mol. The molecule has 0 bridgehead atoms. The van der Waals surface area contributed by atoms with Gasteiger partial charge in [-0.1, -0.05) is 6.08 Å². The number of carbonyl (C=O) groups excluding carboxylic acids is 2. The second-order valence-corrected chi connectivity index (χ2v) is 5.14. The molecule has 2 amide bonds. The molecule has 2 atom stereocenters. The molecule has 1 N–H and O–H groups in total. The van der Waals surface area contributed by atoms with Crippen molar-refractivity contribution in [2.45, 2.75) is 45.4 Å². The molecule has 5 heteroatoms. The summed E-state index contributed by atoms with van der Waals surface area (Å²) in [6.07, 6.45) is 1.11. The van der Waals surface area contributed by atoms with Gasteiger partial charge in [-0.2, -0.15) is 0 Å². The Morgan fingerprint density at radius 3 is 2.59 bits per heavy atom. The van der Waals surface area contributed by atoms with E-state index in [0.717, 1.165) is 0 Å². The topological polar surface area (TPSA) is 58.6 Å². The van der Waals surface area contributed by atoms with Crippen molar-refractivity contribution in [3.63, 3.8) is 0 Å². The van der Waals surface area contributed by atoms with Gasteiger partial charge >= 0.3 is 6.09 Å². The molecule has 96 valence electrons. The summed E-state index contributed by atoms with van der Waals surface area (Å²) in [7, 11) is 0. The fourth-order valence-electron chi connectivity index (χ4n) is 1.70. The number of alkyl carbamates (subject to hydrolysis) is 1. The van der Waals surface area contributed by atoms with E-state index in [4.69, 9.17) is 4.74 Å². The molecule has 1 rings (SSSR count). The van der Waals surface area contributed by atoms with Gasteiger partial charge in [0.15, 0.2) is 0 Å². The number of nitrogens with zero attached hydrogens (tertiary/aromatic N) is 1. The van der Waals surface area contributed by atoms with Crippen LogP contribution in [0.4, 0.5) is 4.79 Å². The molecule has 5 nitrogen and oxygen atoms in total. The van der Waals surface area contributed by atoms with Crippen molar-refractivity contribution < 1.29 is 14.3 Å². The monoisotopic (exact) mass is 240 g/mol. The minimum Gasteiger partial charge on any atom is -0.444 e. The van der Waals surface area contributed by atoms with Gasteiger partial charge in [0.1, 0.15) is 11.6 Å². The van der Waals surface area contributed by atoms with Crippen LogP contribution in [-0.4, -0.2) is 41.1 Å². The van der Waals surface area contributed by atoms with Gasteiger partial charge in [0.2, 0.25) is 5.91 Å². The van der Waals surface area contributed by atoms with E-state index in [2.05, 4.69) is 11.9 Å². The van der Waals surface area contributed by atoms with Crippen LogP contribution in [0.3, 0.4) is 0 Å². The first-order valence-corrected chi connectivity index (χ1v) is 5.67. The highest BCUT2D eigenvalue weighted by atomic mass is 16.6. The summed E-state index contributed by atoms with van der Waals surface area (Å²) < 4.78 is 5.10. The number of β-lactam (4-membered cyclic amide) rings is 1. The minimum absolute atomic E-state index is 0.0204. The largest absolute Gasteiger partial charge is 0.444 e. The lowest BCUT2D eigenvalue weighted by Gasteiger charge is -2.44. The maximum absolute atomic E-state index is 11.7. The van der Waals surface area contributed by atoms with Gasteiger partial charge in [0.05, 0.1) is 6.04 Å². The van der Waals surface area contributed by atoms with Crippen molar-refractivity contribution in [2.75, 3.05) is 6.54 Å². The van der Waals surface area contributed by atoms with Gasteiger partial charge in [-0.3, -0.25) is 4.79 Å². The van der Waals surface area contributed by atoms with Crippen LogP contribution in [0.1, 0.15) is 27.7 Å². The highest BCUT2D eigenvalue weighted by Gasteiger charge is 2.44. The molecule has 0 aliphatic carbocycles. The van der Waals surface area contributed by atoms with Crippen LogP contribution in [-0.2, 0) is 9.53 Å². The van der Waals surface area contributed by atoms with Crippen LogP contribution in [0.25, 0.3) is 0 Å². The third-order valence-electron chi connectivity index (χ3n) is 2.52. The molecule has 0 aromatic carbocycles. The predicted octanol–water partition coefficient (Wildman–Crippen LogP) is 1.30. The quantitative estimate of drug-likeness (QED) is 0.597. The molecule has 0 saturated carbocycles. The fraction of sp³-hybridized carbons (Fsp3) is 0.667. The van der Waals surface area contributed by atoms with Crippen molar-refractivity contribution in [1.29, 1.82) is 0 Å². The summed E-state index contributed by atoms with van der Waals surface area (Å²) >= 11 is 0. The van der Waals surface area contributed by atoms with E-state index in [1.54, 1.807) is 31.7 Å². The SMILES string of the molecule is C=CCN1C(=O)[C@H](NC(=O)OC(C)(C)C)[C@H]1C. The number of hydrogen-bond acceptors (Lipinski definition) is 3. The van der Waals surface area contributed by atoms with Crippen LogP contribution in [0.2, 0.25) is 0 Å². The summed E-state index contributed by atoms with van der Waals surface area (Å²) in [6, 6.07) is -0.502. The first-order valence-electron chi connectivity index (χ1n) is 5.67. The Bertz CT molecular complexity index is 333. The first kappa shape index (κ1) is 13.5. The van der Waals surface area contributed by atoms with Crippen molar-refractivity contribution in [3.8, 4) is 0 Å². The van der Waals surface area contributed by atoms with Gasteiger partial charge in [-0.25, -0.2) is 4.79 Å². The Kier molecular flexibility index (Phi) is 3.80. The van der Waals surface area contributed by atoms with E-state index in [9.17, 15) is 9.59 Å². The Balaban J connectivity index is 2.47. The van der Waals surface area contributed by atoms with Crippen molar-refractivity contribution >= 4 is 12.0 Å². The summed E-state index contributed by atoms with van der Waals surface area (Å²) in [5.74, 6) is -0.0942. The fourth-order valence-corrected chi connectivity index (χ4v) is 1.70. The smallest absolute Gasteiger partial charge is 0.408 e. The molecule has 0 radical (unpaired) electrons. The minimum atomic E-state index is -0.555. The standard InChI is InChI=1S/C12H20N2O3/c1-6-7-14-8(2)9(10(14)15)13-11(16)17-12(3,4)5/h6,8-9H,1,7H2,2-5H3,(H,13,16)/t8-,9-/m1/s1. The van der Waals surface area contributed by atoms with Crippen LogP contribution < -0.4 is 5.32 Å². The van der Waals surface area contributed by atoms with Gasteiger partial charge in [0, 0.05) is 6.54 Å². The predicted molar refractivity (Wildman–Crippen MR) is 64.5 cm³/mol. The number of ether oxygens (including phenoxy) is 1. The lowest BCUT2D eigenvalue weighted by molar-refractivity contribution is -0.148. The molecule has 1 heterocycles. The summed E-state index contributed by atoms with van der Waals surface area (Å²) in [4.78, 5) is 24.8. The molecule has 1 aliphatic heterocycles. The van der Waals surface area contributed by atoms with Crippen LogP contribution >= 0.6 is 0 Å². The lowest BCUT2D eigenvalue weighted by atomic mass is 9.97. The van der Waals surface area contributed by atoms with Crippen LogP contribution in [0.5, 0.6) is 0 Å². The molecule has 1 aliphatic rings. The van der Waals surface area contributed by atoms with Gasteiger partial charge in [-0.15, -0.1) is 6.58 Å². The maximum atomic E-state index is 11.7. The molecule has 1 saturated heterocycles. The number of amides is 2. The van der Waals surface area contributed by atoms with Gasteiger partial charge in [0.25, 0.3) is 0 Å². The summed E-state index contributed by atoms with van der Waals surface area (Å²) in [5, 5.41) is 2.57. The number of carbonyl (C=O) groups is 2. The molecule has 0 unspecified atom stereocenters. The number of likely N-dealkylation sites (tertiary alicyclic amines) is 1. The van der Waals surface area contributed by atoms with E-state index in [0.29, 0.717) is 6.54 Å². The second kappa shape index (κ2) is 4.77. The van der Waals surface area contributed by atoms with Crippen LogP contribution in [0, 0.1) is 0 Å². The zero-order chi connectivity index (χ0) is 13.2. The van der Waals surface area contributed by atoms with Gasteiger partial charge in [-0.05, 0) is 27.7 Å². The van der Waals surface area contributed by atoms with Crippen LogP contribution in [0.15, 0.2) is 12.7 Å².